The summed E-state index contributed by atoms with van der Waals surface area (Å²) in [5, 5.41) is 6.38. The van der Waals surface area contributed by atoms with Crippen LogP contribution in [0.25, 0.3) is 55.3 Å². The fourth-order valence-electron chi connectivity index (χ4n) is 9.32. The highest BCUT2D eigenvalue weighted by Crippen LogP contribution is 2.47. The SMILES string of the molecule is C1=CC2Oc3cccc(C4=CC(c5cc(-c6ccc7c(c6)c6ccccc6n7-c6ccccc6)ccc5Nc5cccc(C6=CCCC=C6)c5)=CCC4)c3C2C=C1. The van der Waals surface area contributed by atoms with Gasteiger partial charge in [0.25, 0.3) is 0 Å². The quantitative estimate of drug-likeness (QED) is 0.176. The second kappa shape index (κ2) is 14.0. The first-order chi connectivity index (χ1) is 28.2. The molecule has 274 valence electrons. The van der Waals surface area contributed by atoms with E-state index in [2.05, 4.69) is 198 Å². The molecule has 57 heavy (non-hydrogen) atoms. The highest BCUT2D eigenvalue weighted by atomic mass is 16.5. The van der Waals surface area contributed by atoms with Gasteiger partial charge in [-0.15, -0.1) is 0 Å². The van der Waals surface area contributed by atoms with Crippen LogP contribution in [-0.4, -0.2) is 10.7 Å². The molecule has 2 atom stereocenters. The molecule has 6 aromatic carbocycles. The molecule has 0 spiro atoms. The Morgan fingerprint density at radius 1 is 0.596 bits per heavy atom. The molecule has 0 bridgehead atoms. The van der Waals surface area contributed by atoms with Crippen LogP contribution in [0.4, 0.5) is 11.4 Å². The molecule has 3 aliphatic carbocycles. The van der Waals surface area contributed by atoms with Gasteiger partial charge in [0.05, 0.1) is 11.0 Å². The molecule has 3 nitrogen and oxygen atoms in total. The van der Waals surface area contributed by atoms with E-state index < -0.39 is 0 Å². The number of nitrogens with one attached hydrogen (secondary N) is 1. The predicted molar refractivity (Wildman–Crippen MR) is 239 cm³/mol. The Morgan fingerprint density at radius 3 is 2.35 bits per heavy atom. The van der Waals surface area contributed by atoms with E-state index in [-0.39, 0.29) is 12.0 Å². The second-order valence-corrected chi connectivity index (χ2v) is 15.5. The zero-order chi connectivity index (χ0) is 37.7. The number of allylic oxidation sites excluding steroid dienone is 10. The molecule has 0 amide bonds. The number of hydrogen-bond acceptors (Lipinski definition) is 2. The lowest BCUT2D eigenvalue weighted by atomic mass is 9.82. The summed E-state index contributed by atoms with van der Waals surface area (Å²) in [5.74, 6) is 1.24. The van der Waals surface area contributed by atoms with Crippen LogP contribution in [0.5, 0.6) is 5.75 Å². The van der Waals surface area contributed by atoms with Gasteiger partial charge in [-0.05, 0) is 131 Å². The summed E-state index contributed by atoms with van der Waals surface area (Å²) in [6.07, 6.45) is 24.7. The summed E-state index contributed by atoms with van der Waals surface area (Å²) in [5.41, 5.74) is 17.1. The van der Waals surface area contributed by atoms with Gasteiger partial charge in [-0.25, -0.2) is 0 Å². The van der Waals surface area contributed by atoms with Crippen LogP contribution in [0.15, 0.2) is 188 Å². The smallest absolute Gasteiger partial charge is 0.128 e. The molecule has 1 N–H and O–H groups in total. The first-order valence-electron chi connectivity index (χ1n) is 20.3. The first kappa shape index (κ1) is 33.5. The summed E-state index contributed by atoms with van der Waals surface area (Å²) in [6.45, 7) is 0. The van der Waals surface area contributed by atoms with E-state index in [0.717, 1.165) is 42.8 Å². The van der Waals surface area contributed by atoms with Crippen molar-refractivity contribution in [1.82, 2.24) is 4.57 Å². The van der Waals surface area contributed by atoms with E-state index in [9.17, 15) is 0 Å². The number of aromatic nitrogens is 1. The lowest BCUT2D eigenvalue weighted by molar-refractivity contribution is 0.269. The maximum Gasteiger partial charge on any atom is 0.128 e. The van der Waals surface area contributed by atoms with Gasteiger partial charge >= 0.3 is 0 Å². The number of nitrogens with zero attached hydrogens (tertiary/aromatic N) is 1. The van der Waals surface area contributed by atoms with E-state index in [0.29, 0.717) is 0 Å². The normalized spacial score (nSPS) is 18.1. The minimum atomic E-state index is 0.0625. The molecule has 4 aliphatic rings. The van der Waals surface area contributed by atoms with Crippen molar-refractivity contribution in [2.24, 2.45) is 0 Å². The van der Waals surface area contributed by atoms with Gasteiger partial charge in [-0.3, -0.25) is 0 Å². The minimum absolute atomic E-state index is 0.0625. The molecule has 0 radical (unpaired) electrons. The first-order valence-corrected chi connectivity index (χ1v) is 20.3. The average Bonchev–Trinajstić information content (AvgIpc) is 3.83. The molecule has 3 heteroatoms. The maximum atomic E-state index is 6.44. The number of para-hydroxylation sites is 2. The van der Waals surface area contributed by atoms with Crippen molar-refractivity contribution in [3.05, 3.63) is 210 Å². The number of rotatable bonds is 7. The molecule has 0 fully saturated rings. The molecular weight excluding hydrogens is 693 g/mol. The Balaban J connectivity index is 1.03. The summed E-state index contributed by atoms with van der Waals surface area (Å²) < 4.78 is 8.82. The average molecular weight is 735 g/mol. The van der Waals surface area contributed by atoms with E-state index in [1.54, 1.807) is 0 Å². The zero-order valence-corrected chi connectivity index (χ0v) is 31.7. The van der Waals surface area contributed by atoms with Gasteiger partial charge in [0.15, 0.2) is 0 Å². The Bertz CT molecular complexity index is 2910. The van der Waals surface area contributed by atoms with Crippen molar-refractivity contribution in [2.75, 3.05) is 5.32 Å². The predicted octanol–water partition coefficient (Wildman–Crippen LogP) is 14.2. The lowest BCUT2D eigenvalue weighted by Crippen LogP contribution is -2.16. The van der Waals surface area contributed by atoms with Gasteiger partial charge in [0.2, 0.25) is 0 Å². The van der Waals surface area contributed by atoms with Crippen LogP contribution < -0.4 is 10.1 Å². The maximum absolute atomic E-state index is 6.44. The standard InChI is InChI=1S/C54H42N2O/c1-3-14-36(15-4-1)37-16-12-19-42(33-37)55-49-30-28-38(39-29-31-51-48(35-39)45-22-7-9-25-50(45)56(51)43-20-5-2-6-21-43)34-47(49)41-18-11-17-40(32-41)44-24-13-27-53-54(44)46-23-8-10-26-52(46)57-53/h2-3,5-10,12-16,18-35,46,52,55H,1,4,11,17H2. The number of hydrogen-bond donors (Lipinski definition) is 1. The van der Waals surface area contributed by atoms with E-state index in [4.69, 9.17) is 4.74 Å². The Kier molecular flexibility index (Phi) is 8.24. The van der Waals surface area contributed by atoms with E-state index in [1.807, 2.05) is 0 Å². The molecule has 2 heterocycles. The zero-order valence-electron chi connectivity index (χ0n) is 31.7. The highest BCUT2D eigenvalue weighted by molar-refractivity contribution is 6.10. The second-order valence-electron chi connectivity index (χ2n) is 15.5. The van der Waals surface area contributed by atoms with Gasteiger partial charge < -0.3 is 14.6 Å². The molecule has 11 rings (SSSR count). The van der Waals surface area contributed by atoms with Crippen LogP contribution in [-0.2, 0) is 0 Å². The van der Waals surface area contributed by atoms with Gasteiger partial charge in [0, 0.05) is 44.9 Å². The third-order valence-corrected chi connectivity index (χ3v) is 12.0. The Labute approximate surface area is 334 Å². The molecular formula is C54H42N2O. The van der Waals surface area contributed by atoms with Crippen molar-refractivity contribution in [3.8, 4) is 22.6 Å². The van der Waals surface area contributed by atoms with Gasteiger partial charge in [0.1, 0.15) is 11.9 Å². The monoisotopic (exact) mass is 734 g/mol. The number of benzene rings is 6. The van der Waals surface area contributed by atoms with Crippen LogP contribution in [0.2, 0.25) is 0 Å². The summed E-state index contributed by atoms with van der Waals surface area (Å²) in [6, 6.07) is 48.7. The lowest BCUT2D eigenvalue weighted by Gasteiger charge is -2.21. The van der Waals surface area contributed by atoms with Crippen LogP contribution >= 0.6 is 0 Å². The number of anilines is 2. The van der Waals surface area contributed by atoms with Crippen molar-refractivity contribution in [3.63, 3.8) is 0 Å². The van der Waals surface area contributed by atoms with Crippen molar-refractivity contribution in [1.29, 1.82) is 0 Å². The van der Waals surface area contributed by atoms with Crippen molar-refractivity contribution < 1.29 is 4.74 Å². The Hall–Kier alpha value is -6.84. The Morgan fingerprint density at radius 2 is 1.42 bits per heavy atom. The summed E-state index contributed by atoms with van der Waals surface area (Å²) >= 11 is 0. The number of ether oxygens (including phenoxy) is 1. The topological polar surface area (TPSA) is 26.2 Å². The summed E-state index contributed by atoms with van der Waals surface area (Å²) in [7, 11) is 0. The molecule has 1 aromatic heterocycles. The summed E-state index contributed by atoms with van der Waals surface area (Å²) in [4.78, 5) is 0. The third-order valence-electron chi connectivity index (χ3n) is 12.0. The minimum Gasteiger partial charge on any atom is -0.485 e. The molecule has 2 unspecified atom stereocenters. The van der Waals surface area contributed by atoms with E-state index >= 15 is 0 Å². The van der Waals surface area contributed by atoms with E-state index in [1.165, 1.54) is 77.6 Å². The molecule has 1 aliphatic heterocycles. The van der Waals surface area contributed by atoms with Gasteiger partial charge in [-0.2, -0.15) is 0 Å². The fraction of sp³-hybridized carbons (Fsp3) is 0.111. The largest absolute Gasteiger partial charge is 0.485 e. The van der Waals surface area contributed by atoms with Crippen molar-refractivity contribution in [2.45, 2.75) is 37.7 Å². The third kappa shape index (κ3) is 5.98. The van der Waals surface area contributed by atoms with Crippen molar-refractivity contribution >= 4 is 49.9 Å². The van der Waals surface area contributed by atoms with Crippen LogP contribution in [0, 0.1) is 0 Å². The van der Waals surface area contributed by atoms with Gasteiger partial charge in [-0.1, -0.05) is 121 Å². The molecule has 0 saturated carbocycles. The highest BCUT2D eigenvalue weighted by Gasteiger charge is 2.34. The molecule has 0 saturated heterocycles. The van der Waals surface area contributed by atoms with Crippen LogP contribution in [0.1, 0.15) is 53.9 Å². The number of fused-ring (bicyclic) bond motifs is 6. The van der Waals surface area contributed by atoms with Crippen LogP contribution in [0.3, 0.4) is 0 Å². The molecule has 7 aromatic rings. The fourth-order valence-corrected chi connectivity index (χ4v) is 9.32.